The summed E-state index contributed by atoms with van der Waals surface area (Å²) in [7, 11) is -3.36. The summed E-state index contributed by atoms with van der Waals surface area (Å²) < 4.78 is 34.6. The summed E-state index contributed by atoms with van der Waals surface area (Å²) in [6.45, 7) is 5.59. The number of hydrogen-bond donors (Lipinski definition) is 1. The maximum absolute atomic E-state index is 14.2. The Hall–Kier alpha value is -3.58. The minimum atomic E-state index is -4.67. The fourth-order valence-corrected chi connectivity index (χ4v) is 6.47. The van der Waals surface area contributed by atoms with Crippen LogP contribution in [0.2, 0.25) is 15.1 Å². The van der Waals surface area contributed by atoms with Gasteiger partial charge in [-0.3, -0.25) is 24.0 Å². The van der Waals surface area contributed by atoms with Crippen LogP contribution in [-0.2, 0) is 26.2 Å². The van der Waals surface area contributed by atoms with E-state index in [0.29, 0.717) is 12.0 Å². The van der Waals surface area contributed by atoms with E-state index < -0.39 is 49.9 Å². The summed E-state index contributed by atoms with van der Waals surface area (Å²) in [5.41, 5.74) is 0.0619. The topological polar surface area (TPSA) is 139 Å². The molecule has 3 aromatic rings. The highest BCUT2D eigenvalue weighted by atomic mass is 35.5. The Morgan fingerprint density at radius 2 is 1.69 bits per heavy atom. The van der Waals surface area contributed by atoms with Crippen LogP contribution in [0.4, 0.5) is 11.4 Å². The lowest BCUT2D eigenvalue weighted by Gasteiger charge is -2.33. The number of halogens is 3. The highest BCUT2D eigenvalue weighted by Crippen LogP contribution is 2.36. The van der Waals surface area contributed by atoms with Gasteiger partial charge in [0.1, 0.15) is 18.3 Å². The normalized spacial score (nSPS) is 12.6. The number of nitro benzene ring substituents is 1. The van der Waals surface area contributed by atoms with Crippen molar-refractivity contribution in [3.05, 3.63) is 90.9 Å². The number of sulfonamides is 1. The maximum atomic E-state index is 14.2. The second-order valence-corrected chi connectivity index (χ2v) is 13.4. The Labute approximate surface area is 277 Å². The monoisotopic (exact) mass is 698 g/mol. The van der Waals surface area contributed by atoms with Crippen LogP contribution in [0.3, 0.4) is 0 Å². The number of methoxy groups -OCH3 is 1. The Morgan fingerprint density at radius 1 is 1.04 bits per heavy atom. The second-order valence-electron chi connectivity index (χ2n) is 10.2. The van der Waals surface area contributed by atoms with Gasteiger partial charge in [-0.25, -0.2) is 8.42 Å². The van der Waals surface area contributed by atoms with Crippen molar-refractivity contribution in [1.82, 2.24) is 10.2 Å². The maximum Gasteiger partial charge on any atom is 0.273 e. The Balaban J connectivity index is 2.19. The van der Waals surface area contributed by atoms with Crippen LogP contribution in [-0.4, -0.2) is 55.8 Å². The first-order valence-electron chi connectivity index (χ1n) is 13.8. The zero-order valence-electron chi connectivity index (χ0n) is 25.2. The van der Waals surface area contributed by atoms with Crippen LogP contribution >= 0.6 is 34.8 Å². The van der Waals surface area contributed by atoms with Crippen LogP contribution in [0.1, 0.15) is 38.3 Å². The number of rotatable bonds is 13. The number of anilines is 1. The van der Waals surface area contributed by atoms with Gasteiger partial charge in [-0.1, -0.05) is 53.9 Å². The summed E-state index contributed by atoms with van der Waals surface area (Å²) in [5.74, 6) is -1.23. The lowest BCUT2D eigenvalue weighted by Crippen LogP contribution is -2.52. The predicted molar refractivity (Wildman–Crippen MR) is 175 cm³/mol. The molecule has 0 spiro atoms. The average molecular weight is 700 g/mol. The van der Waals surface area contributed by atoms with Gasteiger partial charge in [0, 0.05) is 44.8 Å². The molecule has 0 unspecified atom stereocenters. The molecule has 3 aromatic carbocycles. The Kier molecular flexibility index (Phi) is 12.1. The number of carbonyl (C=O) groups excluding carboxylic acids is 2. The predicted octanol–water partition coefficient (Wildman–Crippen LogP) is 6.40. The van der Waals surface area contributed by atoms with Gasteiger partial charge in [0.15, 0.2) is 0 Å². The molecule has 0 aliphatic carbocycles. The fraction of sp³-hybridized carbons (Fsp3) is 0.333. The van der Waals surface area contributed by atoms with E-state index in [1.165, 1.54) is 56.2 Å². The molecule has 242 valence electrons. The molecule has 15 heteroatoms. The van der Waals surface area contributed by atoms with Crippen molar-refractivity contribution in [3.63, 3.8) is 0 Å². The van der Waals surface area contributed by atoms with E-state index in [2.05, 4.69) is 5.32 Å². The largest absolute Gasteiger partial charge is 0.495 e. The SMILES string of the molecule is CC[C@@H](C)NC(=O)[C@@H](C)N(Cc1c(Cl)cccc1Cl)C(=O)CN(c1cc(Cl)ccc1OC)S(=O)(=O)c1ccc(C)c([N+](=O)[O-])c1. The smallest absolute Gasteiger partial charge is 0.273 e. The number of aryl methyl sites for hydroxylation is 1. The van der Waals surface area contributed by atoms with E-state index in [1.54, 1.807) is 18.2 Å². The standard InChI is InChI=1S/C30H33Cl3N4O7S/c1-6-19(3)34-30(39)20(4)35(16-23-24(32)8-7-9-25(23)33)29(38)17-36(27-14-21(31)11-13-28(27)44-5)45(42,43)22-12-10-18(2)26(15-22)37(40)41/h7-15,19-20H,6,16-17H2,1-5H3,(H,34,39)/t19-,20-/m1/s1. The molecule has 1 N–H and O–H groups in total. The third-order valence-corrected chi connectivity index (χ3v) is 9.91. The van der Waals surface area contributed by atoms with E-state index in [4.69, 9.17) is 39.5 Å². The molecule has 2 atom stereocenters. The molecule has 0 radical (unpaired) electrons. The summed E-state index contributed by atoms with van der Waals surface area (Å²) in [5, 5.41) is 15.1. The van der Waals surface area contributed by atoms with Gasteiger partial charge in [0.2, 0.25) is 11.8 Å². The zero-order valence-corrected chi connectivity index (χ0v) is 28.3. The number of hydrogen-bond acceptors (Lipinski definition) is 7. The minimum Gasteiger partial charge on any atom is -0.495 e. The van der Waals surface area contributed by atoms with Crippen LogP contribution in [0.25, 0.3) is 0 Å². The lowest BCUT2D eigenvalue weighted by atomic mass is 10.1. The third-order valence-electron chi connectivity index (χ3n) is 7.21. The molecule has 0 aliphatic rings. The van der Waals surface area contributed by atoms with Crippen molar-refractivity contribution >= 4 is 68.0 Å². The molecule has 45 heavy (non-hydrogen) atoms. The van der Waals surface area contributed by atoms with Gasteiger partial charge in [0.25, 0.3) is 15.7 Å². The lowest BCUT2D eigenvalue weighted by molar-refractivity contribution is -0.385. The van der Waals surface area contributed by atoms with E-state index in [0.717, 1.165) is 10.4 Å². The minimum absolute atomic E-state index is 0.0562. The van der Waals surface area contributed by atoms with Gasteiger partial charge in [0.05, 0.1) is 22.6 Å². The first kappa shape index (κ1) is 35.9. The van der Waals surface area contributed by atoms with Crippen LogP contribution in [0, 0.1) is 17.0 Å². The number of nitrogens with one attached hydrogen (secondary N) is 1. The first-order chi connectivity index (χ1) is 21.1. The van der Waals surface area contributed by atoms with Gasteiger partial charge in [-0.2, -0.15) is 0 Å². The van der Waals surface area contributed by atoms with E-state index in [-0.39, 0.29) is 44.7 Å². The van der Waals surface area contributed by atoms with Crippen molar-refractivity contribution in [2.45, 2.75) is 57.6 Å². The zero-order chi connectivity index (χ0) is 33.6. The molecular formula is C30H33Cl3N4O7S. The Morgan fingerprint density at radius 3 is 2.27 bits per heavy atom. The molecule has 3 rings (SSSR count). The van der Waals surface area contributed by atoms with Crippen molar-refractivity contribution in [2.24, 2.45) is 0 Å². The molecule has 0 bridgehead atoms. The van der Waals surface area contributed by atoms with Crippen molar-refractivity contribution in [1.29, 1.82) is 0 Å². The molecule has 0 aliphatic heterocycles. The Bertz CT molecular complexity index is 1680. The quantitative estimate of drug-likeness (QED) is 0.161. The summed E-state index contributed by atoms with van der Waals surface area (Å²) >= 11 is 19.1. The molecule has 0 aromatic heterocycles. The van der Waals surface area contributed by atoms with Gasteiger partial charge in [-0.15, -0.1) is 0 Å². The van der Waals surface area contributed by atoms with Crippen molar-refractivity contribution < 1.29 is 27.7 Å². The number of ether oxygens (including phenoxy) is 1. The summed E-state index contributed by atoms with van der Waals surface area (Å²) in [4.78, 5) is 39.2. The molecule has 0 saturated carbocycles. The molecule has 0 saturated heterocycles. The number of nitrogens with zero attached hydrogens (tertiary/aromatic N) is 3. The van der Waals surface area contributed by atoms with Crippen LogP contribution in [0.15, 0.2) is 59.5 Å². The molecular weight excluding hydrogens is 667 g/mol. The van der Waals surface area contributed by atoms with Gasteiger partial charge in [-0.05, 0) is 63.6 Å². The summed E-state index contributed by atoms with van der Waals surface area (Å²) in [6, 6.07) is 11.1. The summed E-state index contributed by atoms with van der Waals surface area (Å²) in [6.07, 6.45) is 0.631. The van der Waals surface area contributed by atoms with Gasteiger partial charge < -0.3 is 15.0 Å². The highest BCUT2D eigenvalue weighted by molar-refractivity contribution is 7.92. The number of amides is 2. The fourth-order valence-electron chi connectivity index (χ4n) is 4.35. The number of nitro groups is 1. The molecule has 0 fully saturated rings. The average Bonchev–Trinajstić information content (AvgIpc) is 2.99. The van der Waals surface area contributed by atoms with Crippen LogP contribution < -0.4 is 14.4 Å². The highest BCUT2D eigenvalue weighted by Gasteiger charge is 2.35. The van der Waals surface area contributed by atoms with E-state index in [9.17, 15) is 28.1 Å². The second kappa shape index (κ2) is 15.1. The van der Waals surface area contributed by atoms with Crippen molar-refractivity contribution in [2.75, 3.05) is 18.0 Å². The molecule has 2 amide bonds. The van der Waals surface area contributed by atoms with E-state index in [1.807, 2.05) is 13.8 Å². The first-order valence-corrected chi connectivity index (χ1v) is 16.3. The third kappa shape index (κ3) is 8.37. The number of carbonyl (C=O) groups is 2. The van der Waals surface area contributed by atoms with Crippen molar-refractivity contribution in [3.8, 4) is 5.75 Å². The van der Waals surface area contributed by atoms with Gasteiger partial charge >= 0.3 is 0 Å². The van der Waals surface area contributed by atoms with Crippen LogP contribution in [0.5, 0.6) is 5.75 Å². The van der Waals surface area contributed by atoms with E-state index >= 15 is 0 Å². The molecule has 11 nitrogen and oxygen atoms in total. The number of benzene rings is 3. The molecule has 0 heterocycles.